The SMILES string of the molecule is CCOc1ccc(S(=O)(=O)N2CCN(C)CC2)cc1-c1nc(CC(C)C)c(Br)c(=O)[nH]1. The molecule has 0 bridgehead atoms. The summed E-state index contributed by atoms with van der Waals surface area (Å²) in [5.74, 6) is 1.07. The molecule has 3 rings (SSSR count). The van der Waals surface area contributed by atoms with Gasteiger partial charge < -0.3 is 14.6 Å². The largest absolute Gasteiger partial charge is 0.493 e. The number of aromatic amines is 1. The first-order chi connectivity index (χ1) is 14.6. The minimum atomic E-state index is -3.67. The lowest BCUT2D eigenvalue weighted by Crippen LogP contribution is -2.47. The van der Waals surface area contributed by atoms with Crippen molar-refractivity contribution < 1.29 is 13.2 Å². The molecule has 0 unspecified atom stereocenters. The van der Waals surface area contributed by atoms with Gasteiger partial charge in [0, 0.05) is 26.2 Å². The number of halogens is 1. The molecular formula is C21H29BrN4O4S. The minimum Gasteiger partial charge on any atom is -0.493 e. The van der Waals surface area contributed by atoms with E-state index in [-0.39, 0.29) is 10.5 Å². The highest BCUT2D eigenvalue weighted by Crippen LogP contribution is 2.32. The Morgan fingerprint density at radius 3 is 2.52 bits per heavy atom. The highest BCUT2D eigenvalue weighted by molar-refractivity contribution is 9.10. The zero-order valence-corrected chi connectivity index (χ0v) is 20.7. The smallest absolute Gasteiger partial charge is 0.265 e. The van der Waals surface area contributed by atoms with Crippen LogP contribution in [-0.4, -0.2) is 67.4 Å². The normalized spacial score (nSPS) is 16.1. The maximum absolute atomic E-state index is 13.2. The maximum Gasteiger partial charge on any atom is 0.265 e. The average molecular weight is 513 g/mol. The van der Waals surface area contributed by atoms with E-state index >= 15 is 0 Å². The lowest BCUT2D eigenvalue weighted by molar-refractivity contribution is 0.222. The molecule has 2 heterocycles. The highest BCUT2D eigenvalue weighted by atomic mass is 79.9. The summed E-state index contributed by atoms with van der Waals surface area (Å²) in [5.41, 5.74) is 0.769. The number of nitrogens with one attached hydrogen (secondary N) is 1. The molecule has 0 amide bonds. The van der Waals surface area contributed by atoms with Crippen molar-refractivity contribution in [3.05, 3.63) is 38.7 Å². The van der Waals surface area contributed by atoms with Crippen LogP contribution in [0.5, 0.6) is 5.75 Å². The first-order valence-electron chi connectivity index (χ1n) is 10.4. The lowest BCUT2D eigenvalue weighted by atomic mass is 10.1. The van der Waals surface area contributed by atoms with Gasteiger partial charge >= 0.3 is 0 Å². The zero-order valence-electron chi connectivity index (χ0n) is 18.3. The van der Waals surface area contributed by atoms with Crippen LogP contribution < -0.4 is 10.3 Å². The third-order valence-electron chi connectivity index (χ3n) is 5.14. The Kier molecular flexibility index (Phi) is 7.56. The lowest BCUT2D eigenvalue weighted by Gasteiger charge is -2.31. The molecule has 0 spiro atoms. The Bertz CT molecular complexity index is 1090. The molecule has 1 fully saturated rings. The standard InChI is InChI=1S/C21H29BrN4O4S/c1-5-30-18-7-6-15(31(28,29)26-10-8-25(4)9-11-26)13-16(18)20-23-17(12-14(2)3)19(22)21(27)24-20/h6-7,13-14H,5,8-12H2,1-4H3,(H,23,24,27). The Balaban J connectivity index is 2.10. The molecule has 1 saturated heterocycles. The summed E-state index contributed by atoms with van der Waals surface area (Å²) >= 11 is 3.32. The van der Waals surface area contributed by atoms with Gasteiger partial charge in [-0.25, -0.2) is 13.4 Å². The zero-order chi connectivity index (χ0) is 22.8. The van der Waals surface area contributed by atoms with Crippen molar-refractivity contribution in [1.82, 2.24) is 19.2 Å². The van der Waals surface area contributed by atoms with E-state index in [1.807, 2.05) is 27.8 Å². The van der Waals surface area contributed by atoms with Gasteiger partial charge in [0.15, 0.2) is 0 Å². The first kappa shape index (κ1) is 23.9. The molecule has 0 radical (unpaired) electrons. The molecular weight excluding hydrogens is 484 g/mol. The van der Waals surface area contributed by atoms with E-state index in [2.05, 4.69) is 30.8 Å². The summed E-state index contributed by atoms with van der Waals surface area (Å²) in [6, 6.07) is 4.73. The van der Waals surface area contributed by atoms with E-state index < -0.39 is 10.0 Å². The van der Waals surface area contributed by atoms with Crippen molar-refractivity contribution in [1.29, 1.82) is 0 Å². The number of sulfonamides is 1. The predicted octanol–water partition coefficient (Wildman–Crippen LogP) is 2.73. The van der Waals surface area contributed by atoms with Gasteiger partial charge in [-0.05, 0) is 60.4 Å². The summed E-state index contributed by atoms with van der Waals surface area (Å²) in [5, 5.41) is 0. The number of rotatable bonds is 7. The Labute approximate surface area is 191 Å². The monoisotopic (exact) mass is 512 g/mol. The third kappa shape index (κ3) is 5.36. The van der Waals surface area contributed by atoms with Crippen molar-refractivity contribution in [3.63, 3.8) is 0 Å². The second-order valence-corrected chi connectivity index (χ2v) is 10.8. The van der Waals surface area contributed by atoms with E-state index in [0.717, 1.165) is 0 Å². The van der Waals surface area contributed by atoms with Gasteiger partial charge in [-0.1, -0.05) is 13.8 Å². The van der Waals surface area contributed by atoms with E-state index in [1.54, 1.807) is 18.2 Å². The number of hydrogen-bond donors (Lipinski definition) is 1. The second-order valence-electron chi connectivity index (χ2n) is 8.07. The molecule has 1 aliphatic heterocycles. The van der Waals surface area contributed by atoms with E-state index in [0.29, 0.717) is 72.4 Å². The van der Waals surface area contributed by atoms with Gasteiger partial charge in [-0.3, -0.25) is 4.79 Å². The molecule has 2 aromatic rings. The molecule has 1 aromatic heterocycles. The fourth-order valence-electron chi connectivity index (χ4n) is 3.47. The van der Waals surface area contributed by atoms with E-state index in [1.165, 1.54) is 4.31 Å². The summed E-state index contributed by atoms with van der Waals surface area (Å²) in [7, 11) is -1.70. The number of aromatic nitrogens is 2. The molecule has 170 valence electrons. The summed E-state index contributed by atoms with van der Waals surface area (Å²) in [6.45, 7) is 8.58. The Morgan fingerprint density at radius 2 is 1.90 bits per heavy atom. The number of benzene rings is 1. The van der Waals surface area contributed by atoms with E-state index in [9.17, 15) is 13.2 Å². The van der Waals surface area contributed by atoms with E-state index in [4.69, 9.17) is 4.74 Å². The van der Waals surface area contributed by atoms with Crippen LogP contribution in [0.1, 0.15) is 26.5 Å². The number of hydrogen-bond acceptors (Lipinski definition) is 6. The van der Waals surface area contributed by atoms with Crippen LogP contribution in [0, 0.1) is 5.92 Å². The van der Waals surface area contributed by atoms with Crippen molar-refractivity contribution >= 4 is 26.0 Å². The maximum atomic E-state index is 13.2. The molecule has 0 saturated carbocycles. The fourth-order valence-corrected chi connectivity index (χ4v) is 5.27. The summed E-state index contributed by atoms with van der Waals surface area (Å²) in [6.07, 6.45) is 0.612. The van der Waals surface area contributed by atoms with Gasteiger partial charge in [0.25, 0.3) is 5.56 Å². The van der Waals surface area contributed by atoms with Crippen LogP contribution >= 0.6 is 15.9 Å². The molecule has 31 heavy (non-hydrogen) atoms. The highest BCUT2D eigenvalue weighted by Gasteiger charge is 2.28. The van der Waals surface area contributed by atoms with Crippen molar-refractivity contribution in [2.75, 3.05) is 39.8 Å². The molecule has 0 atom stereocenters. The second kappa shape index (κ2) is 9.81. The third-order valence-corrected chi connectivity index (χ3v) is 7.85. The number of ether oxygens (including phenoxy) is 1. The van der Waals surface area contributed by atoms with Gasteiger partial charge in [0.2, 0.25) is 10.0 Å². The first-order valence-corrected chi connectivity index (χ1v) is 12.6. The molecule has 1 N–H and O–H groups in total. The molecule has 8 nitrogen and oxygen atoms in total. The van der Waals surface area contributed by atoms with Gasteiger partial charge in [0.1, 0.15) is 16.0 Å². The van der Waals surface area contributed by atoms with Gasteiger partial charge in [0.05, 0.1) is 22.8 Å². The predicted molar refractivity (Wildman–Crippen MR) is 124 cm³/mol. The number of nitrogens with zero attached hydrogens (tertiary/aromatic N) is 3. The van der Waals surface area contributed by atoms with Crippen LogP contribution in [0.2, 0.25) is 0 Å². The number of H-pyrrole nitrogens is 1. The van der Waals surface area contributed by atoms with Crippen LogP contribution in [0.25, 0.3) is 11.4 Å². The molecule has 1 aromatic carbocycles. The van der Waals surface area contributed by atoms with Crippen molar-refractivity contribution in [2.24, 2.45) is 5.92 Å². The topological polar surface area (TPSA) is 95.6 Å². The minimum absolute atomic E-state index is 0.159. The van der Waals surface area contributed by atoms with Crippen LogP contribution in [0.15, 0.2) is 32.4 Å². The van der Waals surface area contributed by atoms with Crippen LogP contribution in [0.3, 0.4) is 0 Å². The Hall–Kier alpha value is -1.75. The fraction of sp³-hybridized carbons (Fsp3) is 0.524. The van der Waals surface area contributed by atoms with Crippen molar-refractivity contribution in [3.8, 4) is 17.1 Å². The molecule has 0 aliphatic carbocycles. The average Bonchev–Trinajstić information content (AvgIpc) is 2.71. The van der Waals surface area contributed by atoms with Gasteiger partial charge in [-0.15, -0.1) is 0 Å². The van der Waals surface area contributed by atoms with Crippen LogP contribution in [-0.2, 0) is 16.4 Å². The van der Waals surface area contributed by atoms with Crippen molar-refractivity contribution in [2.45, 2.75) is 32.1 Å². The number of piperazine rings is 1. The summed E-state index contributed by atoms with van der Waals surface area (Å²) < 4.78 is 34.1. The number of likely N-dealkylation sites (N-methyl/N-ethyl adjacent to an activating group) is 1. The molecule has 10 heteroatoms. The van der Waals surface area contributed by atoms with Crippen LogP contribution in [0.4, 0.5) is 0 Å². The molecule has 1 aliphatic rings. The quantitative estimate of drug-likeness (QED) is 0.612. The Morgan fingerprint density at radius 1 is 1.23 bits per heavy atom. The summed E-state index contributed by atoms with van der Waals surface area (Å²) in [4.78, 5) is 22.2. The van der Waals surface area contributed by atoms with Gasteiger partial charge in [-0.2, -0.15) is 4.31 Å².